The molecule has 0 bridgehead atoms. The Morgan fingerprint density at radius 2 is 2.11 bits per heavy atom. The summed E-state index contributed by atoms with van der Waals surface area (Å²) in [6, 6.07) is 8.74. The van der Waals surface area contributed by atoms with E-state index in [1.54, 1.807) is 36.5 Å². The van der Waals surface area contributed by atoms with E-state index in [0.717, 1.165) is 16.7 Å². The fourth-order valence-corrected chi connectivity index (χ4v) is 3.14. The van der Waals surface area contributed by atoms with E-state index in [-0.39, 0.29) is 24.7 Å². The Bertz CT molecular complexity index is 1060. The summed E-state index contributed by atoms with van der Waals surface area (Å²) in [7, 11) is 0. The molecule has 0 aliphatic carbocycles. The zero-order valence-electron chi connectivity index (χ0n) is 14.4. The molecule has 0 fully saturated rings. The van der Waals surface area contributed by atoms with Gasteiger partial charge in [-0.25, -0.2) is 9.48 Å². The Balaban J connectivity index is 1.45. The number of halogens is 1. The van der Waals surface area contributed by atoms with Crippen LogP contribution in [0.2, 0.25) is 5.02 Å². The van der Waals surface area contributed by atoms with Crippen molar-refractivity contribution in [3.05, 3.63) is 57.6 Å². The predicted octanol–water partition coefficient (Wildman–Crippen LogP) is 1.63. The van der Waals surface area contributed by atoms with Crippen LogP contribution in [0.15, 0.2) is 41.3 Å². The number of fused-ring (bicyclic) bond motifs is 2. The van der Waals surface area contributed by atoms with Gasteiger partial charge in [0.1, 0.15) is 6.54 Å². The molecule has 1 aromatic carbocycles. The van der Waals surface area contributed by atoms with Gasteiger partial charge < -0.3 is 14.8 Å². The van der Waals surface area contributed by atoms with Crippen molar-refractivity contribution in [3.63, 3.8) is 0 Å². The molecule has 0 saturated carbocycles. The highest BCUT2D eigenvalue weighted by atomic mass is 35.5. The Hall–Kier alpha value is -3.00. The van der Waals surface area contributed by atoms with Gasteiger partial charge in [-0.05, 0) is 29.8 Å². The normalized spacial score (nSPS) is 13.4. The van der Waals surface area contributed by atoms with Crippen molar-refractivity contribution >= 4 is 23.2 Å². The van der Waals surface area contributed by atoms with Gasteiger partial charge in [-0.15, -0.1) is 5.10 Å². The number of nitrogens with zero attached hydrogens (tertiary/aromatic N) is 3. The van der Waals surface area contributed by atoms with Gasteiger partial charge in [0.05, 0.1) is 18.2 Å². The molecule has 0 radical (unpaired) electrons. The fraction of sp³-hybridized carbons (Fsp3) is 0.278. The molecule has 3 heterocycles. The molecule has 0 unspecified atom stereocenters. The molecular formula is C18H17ClN4O4. The van der Waals surface area contributed by atoms with Gasteiger partial charge in [-0.1, -0.05) is 17.7 Å². The van der Waals surface area contributed by atoms with E-state index in [1.165, 1.54) is 4.40 Å². The summed E-state index contributed by atoms with van der Waals surface area (Å²) >= 11 is 6.25. The second-order valence-corrected chi connectivity index (χ2v) is 6.51. The van der Waals surface area contributed by atoms with Crippen molar-refractivity contribution in [1.82, 2.24) is 19.5 Å². The SMILES string of the molecule is O=C(Cn1nc2ccccn2c1=O)NCc1cc(Cl)c2c(c1)OCCCO2. The molecule has 27 heavy (non-hydrogen) atoms. The highest BCUT2D eigenvalue weighted by Gasteiger charge is 2.16. The number of benzene rings is 1. The lowest BCUT2D eigenvalue weighted by atomic mass is 10.2. The van der Waals surface area contributed by atoms with Gasteiger partial charge in [0.15, 0.2) is 17.1 Å². The number of pyridine rings is 1. The summed E-state index contributed by atoms with van der Waals surface area (Å²) < 4.78 is 13.7. The third-order valence-corrected chi connectivity index (χ3v) is 4.41. The van der Waals surface area contributed by atoms with E-state index in [0.29, 0.717) is 35.4 Å². The van der Waals surface area contributed by atoms with E-state index in [9.17, 15) is 9.59 Å². The van der Waals surface area contributed by atoms with Gasteiger partial charge in [0.25, 0.3) is 0 Å². The van der Waals surface area contributed by atoms with Crippen LogP contribution in [0.3, 0.4) is 0 Å². The van der Waals surface area contributed by atoms with Crippen LogP contribution >= 0.6 is 11.6 Å². The van der Waals surface area contributed by atoms with Gasteiger partial charge in [0.2, 0.25) is 5.91 Å². The van der Waals surface area contributed by atoms with Crippen LogP contribution in [0, 0.1) is 0 Å². The second-order valence-electron chi connectivity index (χ2n) is 6.10. The molecule has 1 amide bonds. The maximum atomic E-state index is 12.2. The second kappa shape index (κ2) is 7.32. The maximum absolute atomic E-state index is 12.2. The molecular weight excluding hydrogens is 372 g/mol. The zero-order chi connectivity index (χ0) is 18.8. The third kappa shape index (κ3) is 3.61. The molecule has 0 spiro atoms. The first-order chi connectivity index (χ1) is 13.1. The highest BCUT2D eigenvalue weighted by Crippen LogP contribution is 2.37. The molecule has 140 valence electrons. The minimum atomic E-state index is -0.362. The monoisotopic (exact) mass is 388 g/mol. The number of amides is 1. The summed E-state index contributed by atoms with van der Waals surface area (Å²) in [5, 5.41) is 7.34. The van der Waals surface area contributed by atoms with Crippen LogP contribution in [-0.2, 0) is 17.9 Å². The first-order valence-electron chi connectivity index (χ1n) is 8.51. The minimum Gasteiger partial charge on any atom is -0.489 e. The zero-order valence-corrected chi connectivity index (χ0v) is 15.1. The van der Waals surface area contributed by atoms with Crippen LogP contribution in [0.5, 0.6) is 11.5 Å². The molecule has 8 nitrogen and oxygen atoms in total. The minimum absolute atomic E-state index is 0.168. The number of carbonyl (C=O) groups excluding carboxylic acids is 1. The lowest BCUT2D eigenvalue weighted by Crippen LogP contribution is -2.32. The Morgan fingerprint density at radius 1 is 1.26 bits per heavy atom. The summed E-state index contributed by atoms with van der Waals surface area (Å²) in [5.74, 6) is 0.769. The Morgan fingerprint density at radius 3 is 2.96 bits per heavy atom. The van der Waals surface area contributed by atoms with Gasteiger partial charge in [-0.3, -0.25) is 9.20 Å². The molecule has 3 aromatic rings. The van der Waals surface area contributed by atoms with Gasteiger partial charge in [-0.2, -0.15) is 0 Å². The first kappa shape index (κ1) is 17.4. The fourth-order valence-electron chi connectivity index (χ4n) is 2.85. The van der Waals surface area contributed by atoms with Crippen LogP contribution in [0.4, 0.5) is 0 Å². The van der Waals surface area contributed by atoms with Crippen molar-refractivity contribution in [2.24, 2.45) is 0 Å². The lowest BCUT2D eigenvalue weighted by Gasteiger charge is -2.12. The number of hydrogen-bond donors (Lipinski definition) is 1. The molecule has 0 atom stereocenters. The number of ether oxygens (including phenoxy) is 2. The van der Waals surface area contributed by atoms with Crippen molar-refractivity contribution < 1.29 is 14.3 Å². The van der Waals surface area contributed by atoms with Crippen LogP contribution in [0.25, 0.3) is 5.65 Å². The van der Waals surface area contributed by atoms with E-state index in [1.807, 2.05) is 0 Å². The molecule has 1 aliphatic heterocycles. The molecule has 1 aliphatic rings. The number of carbonyl (C=O) groups is 1. The standard InChI is InChI=1S/C18H17ClN4O4/c19-13-8-12(9-14-17(13)27-7-3-6-26-14)10-20-16(24)11-23-18(25)22-5-2-1-4-15(22)21-23/h1-2,4-5,8-9H,3,6-7,10-11H2,(H,20,24). The lowest BCUT2D eigenvalue weighted by molar-refractivity contribution is -0.122. The Kier molecular flexibility index (Phi) is 4.72. The quantitative estimate of drug-likeness (QED) is 0.734. The van der Waals surface area contributed by atoms with E-state index in [4.69, 9.17) is 21.1 Å². The molecule has 9 heteroatoms. The highest BCUT2D eigenvalue weighted by molar-refractivity contribution is 6.32. The average molecular weight is 389 g/mol. The summed E-state index contributed by atoms with van der Waals surface area (Å²) in [6.07, 6.45) is 2.39. The van der Waals surface area contributed by atoms with Crippen molar-refractivity contribution in [3.8, 4) is 11.5 Å². The number of rotatable bonds is 4. The molecule has 1 N–H and O–H groups in total. The number of nitrogens with one attached hydrogen (secondary N) is 1. The first-order valence-corrected chi connectivity index (χ1v) is 8.88. The van der Waals surface area contributed by atoms with E-state index >= 15 is 0 Å². The van der Waals surface area contributed by atoms with Crippen LogP contribution in [0.1, 0.15) is 12.0 Å². The third-order valence-electron chi connectivity index (χ3n) is 4.13. The summed E-state index contributed by atoms with van der Waals surface area (Å²) in [4.78, 5) is 24.4. The summed E-state index contributed by atoms with van der Waals surface area (Å²) in [5.41, 5.74) is 0.907. The number of hydrogen-bond acceptors (Lipinski definition) is 5. The maximum Gasteiger partial charge on any atom is 0.350 e. The largest absolute Gasteiger partial charge is 0.489 e. The van der Waals surface area contributed by atoms with Crippen molar-refractivity contribution in [2.75, 3.05) is 13.2 Å². The van der Waals surface area contributed by atoms with Gasteiger partial charge >= 0.3 is 5.69 Å². The van der Waals surface area contributed by atoms with Crippen LogP contribution in [-0.4, -0.2) is 33.3 Å². The smallest absolute Gasteiger partial charge is 0.350 e. The predicted molar refractivity (Wildman–Crippen MR) is 98.4 cm³/mol. The molecule has 0 saturated heterocycles. The summed E-state index contributed by atoms with van der Waals surface area (Å²) in [6.45, 7) is 1.18. The Labute approximate surface area is 159 Å². The van der Waals surface area contributed by atoms with E-state index in [2.05, 4.69) is 10.4 Å². The topological polar surface area (TPSA) is 86.9 Å². The number of aromatic nitrogens is 3. The van der Waals surface area contributed by atoms with Crippen molar-refractivity contribution in [2.45, 2.75) is 19.5 Å². The molecule has 4 rings (SSSR count). The van der Waals surface area contributed by atoms with Crippen LogP contribution < -0.4 is 20.5 Å². The van der Waals surface area contributed by atoms with E-state index < -0.39 is 0 Å². The van der Waals surface area contributed by atoms with Gasteiger partial charge in [0, 0.05) is 19.2 Å². The average Bonchev–Trinajstić information content (AvgIpc) is 2.83. The van der Waals surface area contributed by atoms with Crippen molar-refractivity contribution in [1.29, 1.82) is 0 Å². The molecule has 2 aromatic heterocycles.